The predicted octanol–water partition coefficient (Wildman–Crippen LogP) is 5.57. The average molecular weight is 569 g/mol. The lowest BCUT2D eigenvalue weighted by Gasteiger charge is -2.28. The van der Waals surface area contributed by atoms with Crippen molar-refractivity contribution in [2.75, 3.05) is 18.6 Å². The first kappa shape index (κ1) is 32.1. The summed E-state index contributed by atoms with van der Waals surface area (Å²) in [4.78, 5) is 36.6. The van der Waals surface area contributed by atoms with Crippen LogP contribution in [0.1, 0.15) is 44.4 Å². The van der Waals surface area contributed by atoms with E-state index in [0.29, 0.717) is 5.56 Å². The van der Waals surface area contributed by atoms with Crippen LogP contribution >= 0.6 is 0 Å². The molecule has 0 unspecified atom stereocenters. The Morgan fingerprint density at radius 2 is 1.75 bits per heavy atom. The summed E-state index contributed by atoms with van der Waals surface area (Å²) in [5, 5.41) is 2.53. The quantitative estimate of drug-likeness (QED) is 0.298. The zero-order chi connectivity index (χ0) is 30.3. The smallest absolute Gasteiger partial charge is 0.471 e. The highest BCUT2D eigenvalue weighted by molar-refractivity contribution is 6.02. The van der Waals surface area contributed by atoms with E-state index >= 15 is 4.39 Å². The lowest BCUT2D eigenvalue weighted by atomic mass is 9.97. The van der Waals surface area contributed by atoms with Gasteiger partial charge in [0.1, 0.15) is 30.2 Å². The summed E-state index contributed by atoms with van der Waals surface area (Å²) in [6.07, 6.45) is -5.22. The molecule has 0 radical (unpaired) electrons. The molecule has 2 aromatic carbocycles. The number of alkyl halides is 3. The molecule has 1 atom stereocenters. The summed E-state index contributed by atoms with van der Waals surface area (Å²) in [5.74, 6) is -5.42. The Labute approximate surface area is 229 Å². The third kappa shape index (κ3) is 8.99. The second-order valence-electron chi connectivity index (χ2n) is 9.80. The zero-order valence-electron chi connectivity index (χ0n) is 22.9. The van der Waals surface area contributed by atoms with E-state index in [-0.39, 0.29) is 29.1 Å². The fourth-order valence-corrected chi connectivity index (χ4v) is 3.63. The third-order valence-electron chi connectivity index (χ3n) is 5.34. The molecule has 218 valence electrons. The molecule has 0 aliphatic rings. The molecule has 0 aliphatic heterocycles. The largest absolute Gasteiger partial charge is 0.487 e. The predicted molar refractivity (Wildman–Crippen MR) is 140 cm³/mol. The zero-order valence-corrected chi connectivity index (χ0v) is 22.9. The van der Waals surface area contributed by atoms with Gasteiger partial charge in [0.2, 0.25) is 0 Å². The summed E-state index contributed by atoms with van der Waals surface area (Å²) < 4.78 is 72.4. The lowest BCUT2D eigenvalue weighted by molar-refractivity contribution is -0.171. The summed E-state index contributed by atoms with van der Waals surface area (Å²) in [7, 11) is 0.915. The van der Waals surface area contributed by atoms with Crippen LogP contribution in [0.2, 0.25) is 0 Å². The Hall–Kier alpha value is -4.09. The number of amides is 2. The molecule has 0 aliphatic carbocycles. The fraction of sp³-hybridized carbons (Fsp3) is 0.393. The number of anilines is 1. The van der Waals surface area contributed by atoms with Crippen LogP contribution in [0.5, 0.6) is 5.75 Å². The molecule has 0 bridgehead atoms. The van der Waals surface area contributed by atoms with E-state index < -0.39 is 59.6 Å². The maximum absolute atomic E-state index is 16.2. The highest BCUT2D eigenvalue weighted by Gasteiger charge is 2.45. The minimum Gasteiger partial charge on any atom is -0.487 e. The Bertz CT molecular complexity index is 1230. The van der Waals surface area contributed by atoms with Crippen molar-refractivity contribution in [3.8, 4) is 5.75 Å². The summed E-state index contributed by atoms with van der Waals surface area (Å²) in [5.41, 5.74) is -1.15. The van der Waals surface area contributed by atoms with Crippen LogP contribution in [0.15, 0.2) is 43.0 Å². The number of hydrogen-bond acceptors (Lipinski definition) is 6. The molecule has 0 heterocycles. The number of ether oxygens (including phenoxy) is 3. The Kier molecular flexibility index (Phi) is 10.7. The van der Waals surface area contributed by atoms with Crippen LogP contribution in [-0.2, 0) is 32.1 Å². The van der Waals surface area contributed by atoms with E-state index in [4.69, 9.17) is 9.47 Å². The number of hydrogen-bond donors (Lipinski definition) is 1. The van der Waals surface area contributed by atoms with E-state index in [1.165, 1.54) is 19.1 Å². The van der Waals surface area contributed by atoms with Gasteiger partial charge in [-0.2, -0.15) is 13.2 Å². The highest BCUT2D eigenvalue weighted by Crippen LogP contribution is 2.39. The van der Waals surface area contributed by atoms with Gasteiger partial charge in [-0.3, -0.25) is 14.5 Å². The Balaban J connectivity index is 2.65. The third-order valence-corrected chi connectivity index (χ3v) is 5.34. The lowest BCUT2D eigenvalue weighted by Crippen LogP contribution is -2.45. The number of carbonyl (C=O) groups excluding carboxylic acids is 3. The van der Waals surface area contributed by atoms with Crippen LogP contribution in [0.4, 0.5) is 28.0 Å². The average Bonchev–Trinajstić information content (AvgIpc) is 2.85. The van der Waals surface area contributed by atoms with Gasteiger partial charge < -0.3 is 19.5 Å². The van der Waals surface area contributed by atoms with E-state index in [2.05, 4.69) is 16.6 Å². The molecule has 0 saturated heterocycles. The van der Waals surface area contributed by atoms with Gasteiger partial charge in [0.15, 0.2) is 5.82 Å². The second kappa shape index (κ2) is 13.3. The van der Waals surface area contributed by atoms with Gasteiger partial charge in [-0.15, -0.1) is 0 Å². The van der Waals surface area contributed by atoms with Crippen molar-refractivity contribution in [2.24, 2.45) is 0 Å². The number of alkyl carbamates (subject to hydrolysis) is 1. The van der Waals surface area contributed by atoms with Gasteiger partial charge in [-0.25, -0.2) is 9.18 Å². The number of carbonyl (C=O) groups is 3. The highest BCUT2D eigenvalue weighted by atomic mass is 19.4. The minimum absolute atomic E-state index is 0.0657. The molecular weight excluding hydrogens is 536 g/mol. The Morgan fingerprint density at radius 1 is 1.12 bits per heavy atom. The minimum atomic E-state index is -5.46. The van der Waals surface area contributed by atoms with Crippen molar-refractivity contribution in [1.82, 2.24) is 5.32 Å². The van der Waals surface area contributed by atoms with E-state index in [1.54, 1.807) is 51.1 Å². The first-order chi connectivity index (χ1) is 18.6. The van der Waals surface area contributed by atoms with Crippen molar-refractivity contribution in [3.05, 3.63) is 65.5 Å². The molecule has 0 spiro atoms. The summed E-state index contributed by atoms with van der Waals surface area (Å²) >= 11 is 0. The molecule has 0 aromatic heterocycles. The van der Waals surface area contributed by atoms with Gasteiger partial charge in [0.25, 0.3) is 0 Å². The number of rotatable bonds is 10. The van der Waals surface area contributed by atoms with Gasteiger partial charge in [0, 0.05) is 6.04 Å². The van der Waals surface area contributed by atoms with E-state index in [9.17, 15) is 27.6 Å². The van der Waals surface area contributed by atoms with E-state index in [0.717, 1.165) is 7.11 Å². The number of nitrogens with one attached hydrogen (secondary N) is 1. The topological polar surface area (TPSA) is 94.2 Å². The number of esters is 1. The van der Waals surface area contributed by atoms with Crippen LogP contribution in [0.3, 0.4) is 0 Å². The molecule has 40 heavy (non-hydrogen) atoms. The maximum atomic E-state index is 16.2. The first-order valence-electron chi connectivity index (χ1n) is 12.2. The molecule has 0 fully saturated rings. The van der Waals surface area contributed by atoms with Gasteiger partial charge in [0.05, 0.1) is 7.11 Å². The number of benzene rings is 2. The van der Waals surface area contributed by atoms with Crippen molar-refractivity contribution in [1.29, 1.82) is 0 Å². The molecule has 8 nitrogen and oxygen atoms in total. The van der Waals surface area contributed by atoms with Crippen LogP contribution in [0, 0.1) is 5.82 Å². The SMILES string of the molecule is C=Cc1cc(OCc2ccccc2)c(N(CC(=O)OC)C(=O)C(F)(F)F)c(F)c1C[C@H](C)NC(=O)OC(C)(C)C. The standard InChI is InChI=1S/C28H32F4N2O6/c1-7-19-14-21(39-16-18-11-9-8-10-12-18)24(34(15-22(35)38-6)25(36)28(30,31)32)23(29)20(19)13-17(2)33-26(37)40-27(3,4)5/h7-12,14,17H,1,13,15-16H2,2-6H3,(H,33,37)/t17-/m0/s1. The molecule has 2 rings (SSSR count). The molecule has 1 N–H and O–H groups in total. The van der Waals surface area contributed by atoms with Gasteiger partial charge in [-0.1, -0.05) is 43.0 Å². The molecule has 0 saturated carbocycles. The summed E-state index contributed by atoms with van der Waals surface area (Å²) in [6.45, 7) is 8.71. The number of methoxy groups -OCH3 is 1. The second-order valence-corrected chi connectivity index (χ2v) is 9.80. The number of halogens is 4. The first-order valence-corrected chi connectivity index (χ1v) is 12.2. The normalized spacial score (nSPS) is 12.2. The molecule has 2 aromatic rings. The molecule has 2 amide bonds. The van der Waals surface area contributed by atoms with E-state index in [1.807, 2.05) is 0 Å². The summed E-state index contributed by atoms with van der Waals surface area (Å²) in [6, 6.07) is 8.96. The molecular formula is C28H32F4N2O6. The van der Waals surface area contributed by atoms with Crippen LogP contribution in [0.25, 0.3) is 6.08 Å². The van der Waals surface area contributed by atoms with Crippen molar-refractivity contribution in [2.45, 2.75) is 58.5 Å². The van der Waals surface area contributed by atoms with Crippen LogP contribution < -0.4 is 15.0 Å². The monoisotopic (exact) mass is 568 g/mol. The molecule has 12 heteroatoms. The van der Waals surface area contributed by atoms with Crippen molar-refractivity contribution < 1.29 is 46.2 Å². The fourth-order valence-electron chi connectivity index (χ4n) is 3.63. The van der Waals surface area contributed by atoms with Crippen LogP contribution in [-0.4, -0.2) is 49.4 Å². The maximum Gasteiger partial charge on any atom is 0.471 e. The van der Waals surface area contributed by atoms with Gasteiger partial charge >= 0.3 is 24.1 Å². The van der Waals surface area contributed by atoms with Gasteiger partial charge in [-0.05, 0) is 56.9 Å². The number of nitrogens with zero attached hydrogens (tertiary/aromatic N) is 1. The van der Waals surface area contributed by atoms with Crippen molar-refractivity contribution >= 4 is 29.7 Å². The van der Waals surface area contributed by atoms with Crippen molar-refractivity contribution in [3.63, 3.8) is 0 Å². The Morgan fingerprint density at radius 3 is 2.27 bits per heavy atom.